The summed E-state index contributed by atoms with van der Waals surface area (Å²) in [5.41, 5.74) is 1.64. The quantitative estimate of drug-likeness (QED) is 0.623. The first-order chi connectivity index (χ1) is 7.84. The van der Waals surface area contributed by atoms with E-state index in [4.69, 9.17) is 0 Å². The van der Waals surface area contributed by atoms with E-state index in [1.165, 1.54) is 6.33 Å². The van der Waals surface area contributed by atoms with Crippen molar-refractivity contribution in [1.82, 2.24) is 25.1 Å². The van der Waals surface area contributed by atoms with Gasteiger partial charge in [0, 0.05) is 23.3 Å². The SMILES string of the molecule is O=c1[nH]c2ncncc2cc1-c1cn[nH]c1. The molecule has 0 aromatic carbocycles. The molecule has 0 radical (unpaired) electrons. The van der Waals surface area contributed by atoms with Crippen molar-refractivity contribution in [2.24, 2.45) is 0 Å². The summed E-state index contributed by atoms with van der Waals surface area (Å²) in [6.07, 6.45) is 6.32. The Hall–Kier alpha value is -2.50. The van der Waals surface area contributed by atoms with Crippen LogP contribution >= 0.6 is 0 Å². The Morgan fingerprint density at radius 2 is 2.19 bits per heavy atom. The number of rotatable bonds is 1. The first kappa shape index (κ1) is 8.78. The Balaban J connectivity index is 2.34. The average molecular weight is 213 g/mol. The van der Waals surface area contributed by atoms with Crippen LogP contribution in [0.15, 0.2) is 35.8 Å². The highest BCUT2D eigenvalue weighted by atomic mass is 16.1. The third-order valence-corrected chi connectivity index (χ3v) is 2.33. The fourth-order valence-electron chi connectivity index (χ4n) is 1.56. The Labute approximate surface area is 89.4 Å². The molecule has 0 aliphatic heterocycles. The Morgan fingerprint density at radius 1 is 1.25 bits per heavy atom. The molecule has 3 heterocycles. The summed E-state index contributed by atoms with van der Waals surface area (Å²) in [5.74, 6) is 0. The van der Waals surface area contributed by atoms with Gasteiger partial charge in [0.1, 0.15) is 12.0 Å². The molecular weight excluding hydrogens is 206 g/mol. The van der Waals surface area contributed by atoms with Crippen molar-refractivity contribution < 1.29 is 0 Å². The number of aromatic nitrogens is 5. The van der Waals surface area contributed by atoms with Gasteiger partial charge in [-0.3, -0.25) is 9.89 Å². The van der Waals surface area contributed by atoms with Crippen LogP contribution in [0.2, 0.25) is 0 Å². The van der Waals surface area contributed by atoms with Gasteiger partial charge in [-0.2, -0.15) is 5.10 Å². The van der Waals surface area contributed by atoms with Gasteiger partial charge < -0.3 is 4.98 Å². The smallest absolute Gasteiger partial charge is 0.257 e. The van der Waals surface area contributed by atoms with Crippen LogP contribution in [0.3, 0.4) is 0 Å². The Bertz CT molecular complexity index is 686. The van der Waals surface area contributed by atoms with E-state index in [2.05, 4.69) is 25.1 Å². The van der Waals surface area contributed by atoms with Crippen LogP contribution in [0, 0.1) is 0 Å². The molecule has 6 nitrogen and oxygen atoms in total. The van der Waals surface area contributed by atoms with Crippen molar-refractivity contribution in [3.05, 3.63) is 41.3 Å². The minimum absolute atomic E-state index is 0.187. The number of aromatic amines is 2. The summed E-state index contributed by atoms with van der Waals surface area (Å²) >= 11 is 0. The van der Waals surface area contributed by atoms with E-state index in [9.17, 15) is 4.79 Å². The maximum Gasteiger partial charge on any atom is 0.257 e. The predicted molar refractivity (Wildman–Crippen MR) is 57.7 cm³/mol. The number of nitrogens with one attached hydrogen (secondary N) is 2. The van der Waals surface area contributed by atoms with E-state index in [1.54, 1.807) is 24.7 Å². The molecular formula is C10H7N5O. The summed E-state index contributed by atoms with van der Waals surface area (Å²) in [5, 5.41) is 7.27. The number of fused-ring (bicyclic) bond motifs is 1. The zero-order valence-corrected chi connectivity index (χ0v) is 8.14. The van der Waals surface area contributed by atoms with Crippen molar-refractivity contribution in [3.63, 3.8) is 0 Å². The molecule has 0 aliphatic carbocycles. The molecule has 0 atom stereocenters. The van der Waals surface area contributed by atoms with E-state index in [0.29, 0.717) is 11.2 Å². The molecule has 0 saturated carbocycles. The molecule has 3 aromatic heterocycles. The molecule has 0 unspecified atom stereocenters. The second kappa shape index (κ2) is 3.27. The van der Waals surface area contributed by atoms with Gasteiger partial charge >= 0.3 is 0 Å². The summed E-state index contributed by atoms with van der Waals surface area (Å²) in [6, 6.07) is 1.75. The molecule has 6 heteroatoms. The first-order valence-corrected chi connectivity index (χ1v) is 4.67. The normalized spacial score (nSPS) is 10.8. The molecule has 0 spiro atoms. The molecule has 16 heavy (non-hydrogen) atoms. The fourth-order valence-corrected chi connectivity index (χ4v) is 1.56. The number of hydrogen-bond acceptors (Lipinski definition) is 4. The van der Waals surface area contributed by atoms with Crippen LogP contribution in [0.25, 0.3) is 22.2 Å². The molecule has 78 valence electrons. The monoisotopic (exact) mass is 213 g/mol. The van der Waals surface area contributed by atoms with Crippen molar-refractivity contribution in [2.75, 3.05) is 0 Å². The Kier molecular flexibility index (Phi) is 1.79. The minimum atomic E-state index is -0.187. The van der Waals surface area contributed by atoms with Crippen molar-refractivity contribution >= 4 is 11.0 Å². The topological polar surface area (TPSA) is 87.3 Å². The Morgan fingerprint density at radius 3 is 3.00 bits per heavy atom. The molecule has 0 amide bonds. The first-order valence-electron chi connectivity index (χ1n) is 4.67. The number of hydrogen-bond donors (Lipinski definition) is 2. The van der Waals surface area contributed by atoms with Gasteiger partial charge in [-0.1, -0.05) is 0 Å². The van der Waals surface area contributed by atoms with Gasteiger partial charge in [0.25, 0.3) is 5.56 Å². The van der Waals surface area contributed by atoms with E-state index in [1.807, 2.05) is 0 Å². The summed E-state index contributed by atoms with van der Waals surface area (Å²) in [4.78, 5) is 22.4. The maximum absolute atomic E-state index is 11.8. The summed E-state index contributed by atoms with van der Waals surface area (Å²) in [6.45, 7) is 0. The highest BCUT2D eigenvalue weighted by Crippen LogP contribution is 2.15. The zero-order valence-electron chi connectivity index (χ0n) is 8.14. The lowest BCUT2D eigenvalue weighted by Crippen LogP contribution is -2.09. The molecule has 3 aromatic rings. The standard InChI is InChI=1S/C10H7N5O/c16-10-8(7-3-13-14-4-7)1-6-2-11-5-12-9(6)15-10/h1-5H,(H,13,14)(H,11,12,15,16). The minimum Gasteiger partial charge on any atom is -0.306 e. The van der Waals surface area contributed by atoms with E-state index in [-0.39, 0.29) is 5.56 Å². The van der Waals surface area contributed by atoms with Crippen LogP contribution in [-0.4, -0.2) is 25.1 Å². The van der Waals surface area contributed by atoms with Crippen LogP contribution in [0.5, 0.6) is 0 Å². The largest absolute Gasteiger partial charge is 0.306 e. The molecule has 0 fully saturated rings. The number of nitrogens with zero attached hydrogens (tertiary/aromatic N) is 3. The van der Waals surface area contributed by atoms with E-state index < -0.39 is 0 Å². The van der Waals surface area contributed by atoms with Crippen molar-refractivity contribution in [1.29, 1.82) is 0 Å². The lowest BCUT2D eigenvalue weighted by atomic mass is 10.1. The lowest BCUT2D eigenvalue weighted by molar-refractivity contribution is 1.09. The highest BCUT2D eigenvalue weighted by Gasteiger charge is 2.06. The second-order valence-electron chi connectivity index (χ2n) is 3.33. The van der Waals surface area contributed by atoms with Crippen LogP contribution in [0.1, 0.15) is 0 Å². The van der Waals surface area contributed by atoms with Gasteiger partial charge in [0.15, 0.2) is 0 Å². The molecule has 0 bridgehead atoms. The van der Waals surface area contributed by atoms with E-state index >= 15 is 0 Å². The maximum atomic E-state index is 11.8. The molecule has 0 aliphatic rings. The fraction of sp³-hybridized carbons (Fsp3) is 0. The predicted octanol–water partition coefficient (Wildman–Crippen LogP) is 0.708. The van der Waals surface area contributed by atoms with Crippen LogP contribution < -0.4 is 5.56 Å². The number of pyridine rings is 1. The number of H-pyrrole nitrogens is 2. The van der Waals surface area contributed by atoms with Crippen LogP contribution in [0.4, 0.5) is 0 Å². The highest BCUT2D eigenvalue weighted by molar-refractivity contribution is 5.79. The zero-order chi connectivity index (χ0) is 11.0. The van der Waals surface area contributed by atoms with Gasteiger partial charge in [-0.15, -0.1) is 0 Å². The van der Waals surface area contributed by atoms with Crippen LogP contribution in [-0.2, 0) is 0 Å². The third-order valence-electron chi connectivity index (χ3n) is 2.33. The van der Waals surface area contributed by atoms with Gasteiger partial charge in [0.2, 0.25) is 0 Å². The van der Waals surface area contributed by atoms with Gasteiger partial charge in [0.05, 0.1) is 11.8 Å². The summed E-state index contributed by atoms with van der Waals surface area (Å²) in [7, 11) is 0. The van der Waals surface area contributed by atoms with Crippen molar-refractivity contribution in [3.8, 4) is 11.1 Å². The molecule has 2 N–H and O–H groups in total. The molecule has 0 saturated heterocycles. The molecule has 3 rings (SSSR count). The van der Waals surface area contributed by atoms with E-state index in [0.717, 1.165) is 10.9 Å². The van der Waals surface area contributed by atoms with Gasteiger partial charge in [-0.25, -0.2) is 9.97 Å². The average Bonchev–Trinajstić information content (AvgIpc) is 2.81. The summed E-state index contributed by atoms with van der Waals surface area (Å²) < 4.78 is 0. The second-order valence-corrected chi connectivity index (χ2v) is 3.33. The van der Waals surface area contributed by atoms with Gasteiger partial charge in [-0.05, 0) is 6.07 Å². The third kappa shape index (κ3) is 1.28. The lowest BCUT2D eigenvalue weighted by Gasteiger charge is -1.99. The van der Waals surface area contributed by atoms with Crippen molar-refractivity contribution in [2.45, 2.75) is 0 Å².